The summed E-state index contributed by atoms with van der Waals surface area (Å²) in [6.07, 6.45) is -3.21. The van der Waals surface area contributed by atoms with Gasteiger partial charge in [0.15, 0.2) is 0 Å². The Kier molecular flexibility index (Phi) is 4.09. The number of halogens is 4. The first-order valence-corrected chi connectivity index (χ1v) is 6.10. The molecule has 0 aliphatic heterocycles. The number of alkyl halides is 4. The molecule has 0 unspecified atom stereocenters. The van der Waals surface area contributed by atoms with E-state index in [1.54, 1.807) is 0 Å². The number of aromatic nitrogens is 2. The van der Waals surface area contributed by atoms with Gasteiger partial charge in [-0.05, 0) is 18.6 Å². The van der Waals surface area contributed by atoms with E-state index in [2.05, 4.69) is 10.1 Å². The molecule has 3 nitrogen and oxygen atoms in total. The van der Waals surface area contributed by atoms with Gasteiger partial charge in [-0.2, -0.15) is 18.2 Å². The van der Waals surface area contributed by atoms with Gasteiger partial charge in [-0.1, -0.05) is 17.3 Å². The van der Waals surface area contributed by atoms with Crippen molar-refractivity contribution in [3.63, 3.8) is 0 Å². The third kappa shape index (κ3) is 3.47. The summed E-state index contributed by atoms with van der Waals surface area (Å²) in [4.78, 5) is 4.04. The van der Waals surface area contributed by atoms with Gasteiger partial charge in [0.05, 0.1) is 5.56 Å². The number of aryl methyl sites for hydroxylation is 1. The summed E-state index contributed by atoms with van der Waals surface area (Å²) in [7, 11) is 0. The van der Waals surface area contributed by atoms with Crippen molar-refractivity contribution in [2.24, 2.45) is 0 Å². The van der Waals surface area contributed by atoms with Crippen LogP contribution in [0.2, 0.25) is 0 Å². The summed E-state index contributed by atoms with van der Waals surface area (Å²) in [5, 5.41) is 3.67. The van der Waals surface area contributed by atoms with Crippen LogP contribution in [0.15, 0.2) is 28.8 Å². The Morgan fingerprint density at radius 1 is 1.26 bits per heavy atom. The van der Waals surface area contributed by atoms with E-state index in [4.69, 9.17) is 16.1 Å². The molecule has 102 valence electrons. The Labute approximate surface area is 112 Å². The molecule has 0 saturated heterocycles. The van der Waals surface area contributed by atoms with E-state index >= 15 is 0 Å². The predicted octanol–water partition coefficient (Wildman–Crippen LogP) is 3.93. The molecule has 1 aromatic heterocycles. The molecule has 0 bridgehead atoms. The summed E-state index contributed by atoms with van der Waals surface area (Å²) in [6, 6.07) is 4.81. The van der Waals surface area contributed by atoms with E-state index in [-0.39, 0.29) is 11.4 Å². The highest BCUT2D eigenvalue weighted by atomic mass is 35.5. The first-order valence-electron chi connectivity index (χ1n) is 5.57. The van der Waals surface area contributed by atoms with Crippen molar-refractivity contribution in [3.05, 3.63) is 35.7 Å². The van der Waals surface area contributed by atoms with Crippen molar-refractivity contribution in [2.75, 3.05) is 5.88 Å². The first-order chi connectivity index (χ1) is 9.00. The Bertz CT molecular complexity index is 554. The average molecular weight is 291 g/mol. The molecule has 19 heavy (non-hydrogen) atoms. The minimum Gasteiger partial charge on any atom is -0.339 e. The standard InChI is InChI=1S/C12H10ClF3N2O/c13-6-2-5-10-17-11(18-19-10)8-3-1-4-9(7-8)12(14,15)16/h1,3-4,7H,2,5-6H2. The van der Waals surface area contributed by atoms with Crippen LogP contribution in [0.5, 0.6) is 0 Å². The van der Waals surface area contributed by atoms with E-state index in [1.807, 2.05) is 0 Å². The second kappa shape index (κ2) is 5.61. The van der Waals surface area contributed by atoms with E-state index in [0.717, 1.165) is 12.1 Å². The van der Waals surface area contributed by atoms with Crippen LogP contribution < -0.4 is 0 Å². The van der Waals surface area contributed by atoms with E-state index < -0.39 is 11.7 Å². The molecule has 0 aliphatic carbocycles. The fourth-order valence-electron chi connectivity index (χ4n) is 1.53. The first kappa shape index (κ1) is 13.9. The van der Waals surface area contributed by atoms with Crippen LogP contribution in [-0.2, 0) is 12.6 Å². The molecule has 2 rings (SSSR count). The average Bonchev–Trinajstić information content (AvgIpc) is 2.84. The van der Waals surface area contributed by atoms with Crippen LogP contribution in [0, 0.1) is 0 Å². The monoisotopic (exact) mass is 290 g/mol. The van der Waals surface area contributed by atoms with Gasteiger partial charge < -0.3 is 4.52 Å². The molecule has 0 saturated carbocycles. The maximum absolute atomic E-state index is 12.6. The summed E-state index contributed by atoms with van der Waals surface area (Å²) < 4.78 is 42.7. The third-order valence-electron chi connectivity index (χ3n) is 2.44. The molecule has 2 aromatic rings. The summed E-state index contributed by atoms with van der Waals surface area (Å²) in [5.74, 6) is 0.977. The summed E-state index contributed by atoms with van der Waals surface area (Å²) >= 11 is 5.53. The predicted molar refractivity (Wildman–Crippen MR) is 63.8 cm³/mol. The minimum absolute atomic E-state index is 0.149. The van der Waals surface area contributed by atoms with Gasteiger partial charge >= 0.3 is 6.18 Å². The molecular formula is C12H10ClF3N2O. The maximum Gasteiger partial charge on any atom is 0.416 e. The fraction of sp³-hybridized carbons (Fsp3) is 0.333. The molecule has 7 heteroatoms. The topological polar surface area (TPSA) is 38.9 Å². The van der Waals surface area contributed by atoms with E-state index in [9.17, 15) is 13.2 Å². The Hall–Kier alpha value is -1.56. The lowest BCUT2D eigenvalue weighted by Crippen LogP contribution is -2.04. The highest BCUT2D eigenvalue weighted by molar-refractivity contribution is 6.17. The van der Waals surface area contributed by atoms with Crippen LogP contribution in [0.4, 0.5) is 13.2 Å². The van der Waals surface area contributed by atoms with Crippen LogP contribution in [0.1, 0.15) is 17.9 Å². The normalized spacial score (nSPS) is 11.8. The lowest BCUT2D eigenvalue weighted by Gasteiger charge is -2.06. The van der Waals surface area contributed by atoms with Crippen molar-refractivity contribution < 1.29 is 17.7 Å². The van der Waals surface area contributed by atoms with Crippen molar-refractivity contribution in [1.29, 1.82) is 0 Å². The lowest BCUT2D eigenvalue weighted by molar-refractivity contribution is -0.137. The zero-order chi connectivity index (χ0) is 13.9. The Balaban J connectivity index is 2.24. The van der Waals surface area contributed by atoms with Crippen molar-refractivity contribution in [2.45, 2.75) is 19.0 Å². The summed E-state index contributed by atoms with van der Waals surface area (Å²) in [6.45, 7) is 0. The van der Waals surface area contributed by atoms with Gasteiger partial charge in [-0.15, -0.1) is 11.6 Å². The summed E-state index contributed by atoms with van der Waals surface area (Å²) in [5.41, 5.74) is -0.465. The number of hydrogen-bond acceptors (Lipinski definition) is 3. The minimum atomic E-state index is -4.39. The highest BCUT2D eigenvalue weighted by Gasteiger charge is 2.30. The van der Waals surface area contributed by atoms with Crippen molar-refractivity contribution >= 4 is 11.6 Å². The van der Waals surface area contributed by atoms with Gasteiger partial charge in [-0.25, -0.2) is 0 Å². The molecule has 1 heterocycles. The maximum atomic E-state index is 12.6. The Morgan fingerprint density at radius 3 is 2.74 bits per heavy atom. The van der Waals surface area contributed by atoms with Gasteiger partial charge in [0.2, 0.25) is 11.7 Å². The fourth-order valence-corrected chi connectivity index (χ4v) is 1.66. The molecule has 0 atom stereocenters. The highest BCUT2D eigenvalue weighted by Crippen LogP contribution is 2.31. The largest absolute Gasteiger partial charge is 0.416 e. The van der Waals surface area contributed by atoms with Crippen molar-refractivity contribution in [1.82, 2.24) is 10.1 Å². The van der Waals surface area contributed by atoms with Gasteiger partial charge in [0.25, 0.3) is 0 Å². The SMILES string of the molecule is FC(F)(F)c1cccc(-c2noc(CCCCl)n2)c1. The quantitative estimate of drug-likeness (QED) is 0.801. The molecule has 0 aliphatic rings. The Morgan fingerprint density at radius 2 is 2.05 bits per heavy atom. The zero-order valence-corrected chi connectivity index (χ0v) is 10.5. The van der Waals surface area contributed by atoms with E-state index in [1.165, 1.54) is 12.1 Å². The molecule has 0 radical (unpaired) electrons. The van der Waals surface area contributed by atoms with Gasteiger partial charge in [-0.3, -0.25) is 0 Å². The number of benzene rings is 1. The second-order valence-corrected chi connectivity index (χ2v) is 4.26. The van der Waals surface area contributed by atoms with Crippen LogP contribution in [-0.4, -0.2) is 16.0 Å². The number of rotatable bonds is 4. The molecule has 0 fully saturated rings. The molecule has 0 N–H and O–H groups in total. The zero-order valence-electron chi connectivity index (χ0n) is 9.75. The lowest BCUT2D eigenvalue weighted by atomic mass is 10.1. The van der Waals surface area contributed by atoms with E-state index in [0.29, 0.717) is 24.6 Å². The smallest absolute Gasteiger partial charge is 0.339 e. The van der Waals surface area contributed by atoms with Crippen LogP contribution in [0.25, 0.3) is 11.4 Å². The second-order valence-electron chi connectivity index (χ2n) is 3.88. The molecule has 0 amide bonds. The molecule has 1 aromatic carbocycles. The third-order valence-corrected chi connectivity index (χ3v) is 2.71. The van der Waals surface area contributed by atoms with Crippen LogP contribution >= 0.6 is 11.6 Å². The van der Waals surface area contributed by atoms with Crippen LogP contribution in [0.3, 0.4) is 0 Å². The number of nitrogens with zero attached hydrogens (tertiary/aromatic N) is 2. The molecule has 0 spiro atoms. The van der Waals surface area contributed by atoms with Crippen molar-refractivity contribution in [3.8, 4) is 11.4 Å². The number of hydrogen-bond donors (Lipinski definition) is 0. The van der Waals surface area contributed by atoms with Gasteiger partial charge in [0.1, 0.15) is 0 Å². The van der Waals surface area contributed by atoms with Gasteiger partial charge in [0, 0.05) is 17.9 Å². The molecular weight excluding hydrogens is 281 g/mol.